The zero-order chi connectivity index (χ0) is 46.2. The molecule has 3 heterocycles. The molecule has 62 heavy (non-hydrogen) atoms. The molecule has 8 N–H and O–H groups in total. The predicted octanol–water partition coefficient (Wildman–Crippen LogP) is -2.73. The maximum absolute atomic E-state index is 12.6. The highest BCUT2D eigenvalue weighted by Gasteiger charge is 2.47. The van der Waals surface area contributed by atoms with Crippen LogP contribution in [0.4, 0.5) is 5.82 Å². The van der Waals surface area contributed by atoms with E-state index in [1.807, 2.05) is 0 Å². The van der Waals surface area contributed by atoms with E-state index in [2.05, 4.69) is 43.5 Å². The van der Waals surface area contributed by atoms with Gasteiger partial charge in [-0.2, -0.15) is 0 Å². The molecular formula is C31H40N7O20P3S-4. The van der Waals surface area contributed by atoms with Gasteiger partial charge in [-0.25, -0.2) is 19.3 Å². The number of imidazole rings is 1. The highest BCUT2D eigenvalue weighted by molar-refractivity contribution is 8.14. The normalized spacial score (nSPS) is 20.7. The molecule has 1 saturated heterocycles. The molecule has 0 aliphatic carbocycles. The van der Waals surface area contributed by atoms with Crippen LogP contribution in [0, 0.1) is 5.41 Å². The number of amides is 2. The van der Waals surface area contributed by atoms with Gasteiger partial charge < -0.3 is 84.0 Å². The molecule has 0 spiro atoms. The van der Waals surface area contributed by atoms with Crippen molar-refractivity contribution in [3.63, 3.8) is 0 Å². The Bertz CT molecular complexity index is 2280. The van der Waals surface area contributed by atoms with Crippen molar-refractivity contribution in [2.75, 3.05) is 44.9 Å². The second-order valence-electron chi connectivity index (χ2n) is 13.6. The van der Waals surface area contributed by atoms with Crippen LogP contribution in [0.3, 0.4) is 0 Å². The smallest absolute Gasteiger partial charge is 0.274 e. The van der Waals surface area contributed by atoms with Gasteiger partial charge in [0.05, 0.1) is 34.5 Å². The summed E-state index contributed by atoms with van der Waals surface area (Å²) in [5.74, 6) is -2.41. The number of thioether (sulfide) groups is 1. The third kappa shape index (κ3) is 14.2. The second-order valence-corrected chi connectivity index (χ2v) is 18.7. The van der Waals surface area contributed by atoms with Crippen LogP contribution < -0.4 is 40.7 Å². The van der Waals surface area contributed by atoms with Crippen LogP contribution in [0.15, 0.2) is 30.9 Å². The van der Waals surface area contributed by atoms with Crippen molar-refractivity contribution in [3.05, 3.63) is 36.4 Å². The molecule has 2 aromatic heterocycles. The Kier molecular flexibility index (Phi) is 17.2. The second kappa shape index (κ2) is 21.1. The first-order valence-corrected chi connectivity index (χ1v) is 23.0. The summed E-state index contributed by atoms with van der Waals surface area (Å²) in [7, 11) is -16.4. The molecule has 1 fully saturated rings. The number of fused-ring (bicyclic) bond motifs is 1. The van der Waals surface area contributed by atoms with Crippen molar-refractivity contribution in [2.24, 2.45) is 5.41 Å². The fourth-order valence-electron chi connectivity index (χ4n) is 5.34. The number of carbonyl (C=O) groups is 3. The summed E-state index contributed by atoms with van der Waals surface area (Å²) in [6, 6.07) is 2.62. The number of ether oxygens (including phenoxy) is 2. The Morgan fingerprint density at radius 3 is 2.44 bits per heavy atom. The number of aromatic hydroxyl groups is 2. The lowest BCUT2D eigenvalue weighted by Gasteiger charge is -2.36. The van der Waals surface area contributed by atoms with Gasteiger partial charge in [-0.15, -0.1) is 0 Å². The van der Waals surface area contributed by atoms with Gasteiger partial charge in [-0.3, -0.25) is 28.1 Å². The molecule has 31 heteroatoms. The largest absolute Gasteiger partial charge is 0.790 e. The predicted molar refractivity (Wildman–Crippen MR) is 204 cm³/mol. The van der Waals surface area contributed by atoms with Crippen molar-refractivity contribution in [2.45, 2.75) is 50.9 Å². The van der Waals surface area contributed by atoms with Crippen molar-refractivity contribution >= 4 is 75.2 Å². The average Bonchev–Trinajstić information content (AvgIpc) is 3.74. The molecule has 3 aromatic rings. The zero-order valence-corrected chi connectivity index (χ0v) is 36.0. The maximum atomic E-state index is 12.6. The molecule has 344 valence electrons. The first-order valence-electron chi connectivity index (χ1n) is 17.6. The fraction of sp³-hybridized carbons (Fsp3) is 0.484. The Hall–Kier alpha value is -4.08. The van der Waals surface area contributed by atoms with Crippen LogP contribution >= 0.6 is 35.2 Å². The Morgan fingerprint density at radius 1 is 1.06 bits per heavy atom. The van der Waals surface area contributed by atoms with Crippen molar-refractivity contribution in [1.29, 1.82) is 0 Å². The number of phosphoric ester groups is 3. The summed E-state index contributed by atoms with van der Waals surface area (Å²) in [5.41, 5.74) is 4.38. The van der Waals surface area contributed by atoms with Crippen LogP contribution in [0.25, 0.3) is 17.2 Å². The van der Waals surface area contributed by atoms with Gasteiger partial charge in [0.15, 0.2) is 29.2 Å². The van der Waals surface area contributed by atoms with Gasteiger partial charge in [0, 0.05) is 30.7 Å². The number of nitrogen functional groups attached to an aromatic ring is 1. The summed E-state index contributed by atoms with van der Waals surface area (Å²) >= 11 is 0.865. The van der Waals surface area contributed by atoms with Crippen LogP contribution in [-0.2, 0) is 50.7 Å². The molecule has 1 aromatic carbocycles. The molecule has 1 aliphatic rings. The van der Waals surface area contributed by atoms with Gasteiger partial charge in [-0.05, 0) is 23.8 Å². The number of phenols is 2. The summed E-state index contributed by atoms with van der Waals surface area (Å²) in [6.07, 6.45) is -5.20. The first-order chi connectivity index (χ1) is 28.8. The summed E-state index contributed by atoms with van der Waals surface area (Å²) in [6.45, 7) is -0.200. The Balaban J connectivity index is 1.20. The average molecular weight is 956 g/mol. The van der Waals surface area contributed by atoms with E-state index in [0.717, 1.165) is 29.0 Å². The topological polar surface area (TPSA) is 425 Å². The number of aromatic nitrogens is 4. The maximum Gasteiger partial charge on any atom is 0.274 e. The molecule has 0 radical (unpaired) electrons. The van der Waals surface area contributed by atoms with Crippen LogP contribution in [0.1, 0.15) is 32.1 Å². The van der Waals surface area contributed by atoms with Gasteiger partial charge >= 0.3 is 0 Å². The monoisotopic (exact) mass is 955 g/mol. The molecule has 4 rings (SSSR count). The van der Waals surface area contributed by atoms with E-state index in [1.54, 1.807) is 0 Å². The van der Waals surface area contributed by atoms with Crippen LogP contribution in [-0.4, -0.2) is 120 Å². The number of hydrogen-bond donors (Lipinski definition) is 7. The number of benzene rings is 1. The van der Waals surface area contributed by atoms with E-state index in [0.29, 0.717) is 5.56 Å². The lowest BCUT2D eigenvalue weighted by molar-refractivity contribution is -0.347. The number of phosphoric acid groups is 3. The van der Waals surface area contributed by atoms with E-state index in [9.17, 15) is 68.1 Å². The Morgan fingerprint density at radius 2 is 1.76 bits per heavy atom. The van der Waals surface area contributed by atoms with Crippen molar-refractivity contribution in [3.8, 4) is 17.2 Å². The van der Waals surface area contributed by atoms with Gasteiger partial charge in [-0.1, -0.05) is 31.7 Å². The minimum Gasteiger partial charge on any atom is -0.790 e. The highest BCUT2D eigenvalue weighted by atomic mass is 32.2. The number of anilines is 1. The highest BCUT2D eigenvalue weighted by Crippen LogP contribution is 2.56. The number of nitrogens with one attached hydrogen (secondary N) is 2. The van der Waals surface area contributed by atoms with Gasteiger partial charge in [0.25, 0.3) is 15.6 Å². The summed E-state index contributed by atoms with van der Waals surface area (Å²) < 4.78 is 65.5. The lowest BCUT2D eigenvalue weighted by Crippen LogP contribution is -2.46. The van der Waals surface area contributed by atoms with Crippen molar-refractivity contribution < 1.29 is 95.4 Å². The number of carbonyl (C=O) groups excluding carboxylic acids is 3. The van der Waals surface area contributed by atoms with Crippen LogP contribution in [0.2, 0.25) is 0 Å². The Labute approximate surface area is 355 Å². The fourth-order valence-corrected chi connectivity index (χ4v) is 8.64. The summed E-state index contributed by atoms with van der Waals surface area (Å²) in [5, 5.41) is 45.2. The van der Waals surface area contributed by atoms with E-state index < -0.39 is 96.1 Å². The molecule has 7 atom stereocenters. The van der Waals surface area contributed by atoms with E-state index in [1.165, 1.54) is 45.2 Å². The van der Waals surface area contributed by atoms with Gasteiger partial charge in [0.1, 0.15) is 36.3 Å². The summed E-state index contributed by atoms with van der Waals surface area (Å²) in [4.78, 5) is 96.5. The van der Waals surface area contributed by atoms with Crippen LogP contribution in [0.5, 0.6) is 17.2 Å². The number of rotatable bonds is 22. The molecule has 2 amide bonds. The third-order valence-corrected chi connectivity index (χ3v) is 12.3. The van der Waals surface area contributed by atoms with Gasteiger partial charge in [0.2, 0.25) is 22.7 Å². The lowest BCUT2D eigenvalue weighted by atomic mass is 9.87. The van der Waals surface area contributed by atoms with E-state index in [-0.39, 0.29) is 53.1 Å². The number of methoxy groups -OCH3 is 1. The minimum atomic E-state index is -5.94. The molecule has 3 unspecified atom stereocenters. The first kappa shape index (κ1) is 50.6. The number of aliphatic hydroxyl groups is 2. The molecular weight excluding hydrogens is 915 g/mol. The standard InChI is InChI=1S/C31H44N7O20P3S/c1-31(2,26(44)29(45)34-7-6-20(40)33-8-9-62-21(41)5-4-16-10-17(39)23(42)18(11-16)53-3)13-55-61(51,52)58-60(49,50)54-12-19-25(57-59(46,47)48)24(43)30(56-19)38-15-37-22-27(32)35-14-36-28(22)38/h4-5,10-11,14-15,19,24-26,30,39,42-44H,6-9,12-13H2,1-3H3,(H,33,40)(H,34,45)(H,49,50)(H,51,52)(H2,32,35,36)(H2,46,47,48)/p-4/b5-4+/t19-,24-,25-,26?,30-/m1/s1. The van der Waals surface area contributed by atoms with E-state index in [4.69, 9.17) is 15.2 Å². The number of nitrogens with two attached hydrogens (primary N) is 1. The number of aliphatic hydroxyl groups excluding tert-OH is 2. The number of nitrogens with zero attached hydrogens (tertiary/aromatic N) is 4. The number of phenolic OH excluding ortho intramolecular Hbond substituents is 2. The quantitative estimate of drug-likeness (QED) is 0.0233. The molecule has 1 aliphatic heterocycles. The SMILES string of the molecule is COc1cc(/C=C/C(=O)SCCNC(=O)CCNC(=O)C(O)C(C)(C)COP(=O)([O-])OP(=O)([O-])OC[C@H]2O[C@@H](n3cnc4c(N)ncnc43)[C@H](O)[C@@H]2OP(=O)([O-])[O-])cc(O)c1O. The molecule has 27 nitrogen and oxygen atoms in total. The molecule has 0 saturated carbocycles. The molecule has 0 bridgehead atoms. The third-order valence-electron chi connectivity index (χ3n) is 8.43. The van der Waals surface area contributed by atoms with E-state index >= 15 is 0 Å². The number of hydrogen-bond acceptors (Lipinski definition) is 25. The zero-order valence-electron chi connectivity index (χ0n) is 32.5. The van der Waals surface area contributed by atoms with Crippen molar-refractivity contribution in [1.82, 2.24) is 30.2 Å². The minimum absolute atomic E-state index is 0.00368.